The molecule has 0 N–H and O–H groups in total. The van der Waals surface area contributed by atoms with Gasteiger partial charge in [0.05, 0.1) is 0 Å². The molecule has 6 nitrogen and oxygen atoms in total. The van der Waals surface area contributed by atoms with Crippen molar-refractivity contribution in [3.8, 4) is 16.3 Å². The van der Waals surface area contributed by atoms with Crippen molar-refractivity contribution in [2.75, 3.05) is 0 Å². The summed E-state index contributed by atoms with van der Waals surface area (Å²) in [4.78, 5) is 26.3. The zero-order valence-electron chi connectivity index (χ0n) is 11.2. The van der Waals surface area contributed by atoms with Crippen molar-refractivity contribution in [3.05, 3.63) is 45.5 Å². The van der Waals surface area contributed by atoms with Crippen molar-refractivity contribution >= 4 is 17.3 Å². The number of carbonyl (C=O) groups is 1. The van der Waals surface area contributed by atoms with Gasteiger partial charge >= 0.3 is 5.97 Å². The fraction of sp³-hybridized carbons (Fsp3) is 0.286. The highest BCUT2D eigenvalue weighted by Gasteiger charge is 2.54. The topological polar surface area (TPSA) is 82.3 Å². The van der Waals surface area contributed by atoms with Gasteiger partial charge in [0.1, 0.15) is 16.7 Å². The van der Waals surface area contributed by atoms with Gasteiger partial charge < -0.3 is 4.74 Å². The second-order valence-electron chi connectivity index (χ2n) is 4.94. The van der Waals surface area contributed by atoms with Gasteiger partial charge in [-0.05, 0) is 19.1 Å². The van der Waals surface area contributed by atoms with Crippen molar-refractivity contribution in [2.24, 2.45) is 5.92 Å². The lowest BCUT2D eigenvalue weighted by molar-refractivity contribution is -0.497. The minimum Gasteiger partial charge on any atom is -0.426 e. The first kappa shape index (κ1) is 13.7. The quantitative estimate of drug-likeness (QED) is 0.375. The summed E-state index contributed by atoms with van der Waals surface area (Å²) in [7, 11) is 0. The van der Waals surface area contributed by atoms with Crippen LogP contribution in [-0.4, -0.2) is 21.9 Å². The average Bonchev–Trinajstić information content (AvgIpc) is 3.15. The molecule has 0 spiro atoms. The van der Waals surface area contributed by atoms with Crippen LogP contribution in [-0.2, 0) is 4.79 Å². The van der Waals surface area contributed by atoms with Crippen LogP contribution in [0.15, 0.2) is 29.6 Å². The molecule has 108 valence electrons. The van der Waals surface area contributed by atoms with E-state index in [1.165, 1.54) is 11.3 Å². The molecule has 0 aliphatic heterocycles. The highest BCUT2D eigenvalue weighted by molar-refractivity contribution is 7.13. The zero-order chi connectivity index (χ0) is 15.0. The summed E-state index contributed by atoms with van der Waals surface area (Å²) >= 11 is 1.51. The van der Waals surface area contributed by atoms with Crippen molar-refractivity contribution in [3.63, 3.8) is 0 Å². The summed E-state index contributed by atoms with van der Waals surface area (Å²) in [5.74, 6) is -0.769. The maximum absolute atomic E-state index is 11.8. The summed E-state index contributed by atoms with van der Waals surface area (Å²) in [6.07, 6.45) is 0.261. The number of benzene rings is 1. The molecule has 1 aromatic heterocycles. The smallest absolute Gasteiger partial charge is 0.321 e. The van der Waals surface area contributed by atoms with Crippen LogP contribution < -0.4 is 4.74 Å². The van der Waals surface area contributed by atoms with Gasteiger partial charge in [-0.3, -0.25) is 14.9 Å². The number of thiazole rings is 1. The SMILES string of the molecule is Cc1csc(-c2cccc(OC(=O)[C@H]3C[C@@H]3[N+](=O)[O-])c2)n1. The number of nitrogens with zero attached hydrogens (tertiary/aromatic N) is 2. The molecule has 1 aliphatic carbocycles. The van der Waals surface area contributed by atoms with Gasteiger partial charge in [0.25, 0.3) is 0 Å². The highest BCUT2D eigenvalue weighted by Crippen LogP contribution is 2.35. The number of ether oxygens (including phenoxy) is 1. The van der Waals surface area contributed by atoms with Gasteiger partial charge in [-0.2, -0.15) is 0 Å². The second-order valence-corrected chi connectivity index (χ2v) is 5.80. The molecule has 1 aromatic carbocycles. The lowest BCUT2D eigenvalue weighted by Crippen LogP contribution is -2.16. The molecule has 7 heteroatoms. The molecule has 3 rings (SSSR count). The summed E-state index contributed by atoms with van der Waals surface area (Å²) in [6.45, 7) is 1.91. The third kappa shape index (κ3) is 2.92. The Kier molecular flexibility index (Phi) is 3.42. The Bertz CT molecular complexity index is 713. The summed E-state index contributed by atoms with van der Waals surface area (Å²) in [5, 5.41) is 13.4. The lowest BCUT2D eigenvalue weighted by Gasteiger charge is -2.04. The summed E-state index contributed by atoms with van der Waals surface area (Å²) in [5.41, 5.74) is 1.80. The first-order chi connectivity index (χ1) is 10.0. The molecule has 1 fully saturated rings. The van der Waals surface area contributed by atoms with E-state index in [0.29, 0.717) is 5.75 Å². The van der Waals surface area contributed by atoms with E-state index in [1.54, 1.807) is 18.2 Å². The van der Waals surface area contributed by atoms with E-state index < -0.39 is 22.9 Å². The summed E-state index contributed by atoms with van der Waals surface area (Å²) < 4.78 is 5.22. The number of carbonyl (C=O) groups excluding carboxylic acids is 1. The van der Waals surface area contributed by atoms with E-state index in [1.807, 2.05) is 18.4 Å². The minimum atomic E-state index is -0.790. The molecular weight excluding hydrogens is 292 g/mol. The van der Waals surface area contributed by atoms with Crippen LogP contribution in [0.4, 0.5) is 0 Å². The van der Waals surface area contributed by atoms with Gasteiger partial charge in [-0.15, -0.1) is 11.3 Å². The minimum absolute atomic E-state index is 0.261. The number of hydrogen-bond acceptors (Lipinski definition) is 6. The van der Waals surface area contributed by atoms with Gasteiger partial charge in [0.2, 0.25) is 6.04 Å². The number of rotatable bonds is 4. The Labute approximate surface area is 124 Å². The van der Waals surface area contributed by atoms with Crippen LogP contribution in [0.5, 0.6) is 5.75 Å². The molecule has 2 aromatic rings. The van der Waals surface area contributed by atoms with Crippen molar-refractivity contribution < 1.29 is 14.5 Å². The Morgan fingerprint density at radius 3 is 2.95 bits per heavy atom. The van der Waals surface area contributed by atoms with Crippen molar-refractivity contribution in [1.29, 1.82) is 0 Å². The van der Waals surface area contributed by atoms with Gasteiger partial charge in [-0.1, -0.05) is 12.1 Å². The van der Waals surface area contributed by atoms with Crippen molar-refractivity contribution in [1.82, 2.24) is 4.98 Å². The lowest BCUT2D eigenvalue weighted by atomic mass is 10.2. The van der Waals surface area contributed by atoms with Gasteiger partial charge in [-0.25, -0.2) is 4.98 Å². The monoisotopic (exact) mass is 304 g/mol. The Hall–Kier alpha value is -2.28. The van der Waals surface area contributed by atoms with Crippen LogP contribution in [0.2, 0.25) is 0 Å². The zero-order valence-corrected chi connectivity index (χ0v) is 12.0. The molecule has 1 aliphatic rings. The first-order valence-corrected chi connectivity index (χ1v) is 7.30. The number of nitro groups is 1. The van der Waals surface area contributed by atoms with Crippen LogP contribution in [0, 0.1) is 23.0 Å². The predicted octanol–water partition coefficient (Wildman–Crippen LogP) is 2.69. The molecule has 2 atom stereocenters. The normalized spacial score (nSPS) is 20.0. The fourth-order valence-electron chi connectivity index (χ4n) is 2.04. The fourth-order valence-corrected chi connectivity index (χ4v) is 2.83. The van der Waals surface area contributed by atoms with E-state index in [-0.39, 0.29) is 6.42 Å². The second kappa shape index (κ2) is 5.25. The summed E-state index contributed by atoms with van der Waals surface area (Å²) in [6, 6.07) is 6.24. The number of aryl methyl sites for hydroxylation is 1. The van der Waals surface area contributed by atoms with E-state index in [2.05, 4.69) is 4.98 Å². The van der Waals surface area contributed by atoms with Crippen LogP contribution >= 0.6 is 11.3 Å². The van der Waals surface area contributed by atoms with Crippen molar-refractivity contribution in [2.45, 2.75) is 19.4 Å². The van der Waals surface area contributed by atoms with Gasteiger partial charge in [0.15, 0.2) is 0 Å². The van der Waals surface area contributed by atoms with E-state index in [0.717, 1.165) is 16.3 Å². The van der Waals surface area contributed by atoms with E-state index in [9.17, 15) is 14.9 Å². The molecular formula is C14H12N2O4S. The Balaban J connectivity index is 1.72. The predicted molar refractivity (Wildman–Crippen MR) is 76.8 cm³/mol. The molecule has 21 heavy (non-hydrogen) atoms. The largest absolute Gasteiger partial charge is 0.426 e. The molecule has 0 unspecified atom stereocenters. The van der Waals surface area contributed by atoms with E-state index in [4.69, 9.17) is 4.74 Å². The highest BCUT2D eigenvalue weighted by atomic mass is 32.1. The van der Waals surface area contributed by atoms with Crippen LogP contribution in [0.3, 0.4) is 0 Å². The standard InChI is InChI=1S/C14H12N2O4S/c1-8-7-21-13(15-8)9-3-2-4-10(5-9)20-14(17)11-6-12(11)16(18)19/h2-5,7,11-12H,6H2,1H3/t11-,12-/m0/s1. The molecule has 0 radical (unpaired) electrons. The third-order valence-corrected chi connectivity index (χ3v) is 4.26. The molecule has 0 saturated heterocycles. The average molecular weight is 304 g/mol. The maximum atomic E-state index is 11.8. The Morgan fingerprint density at radius 2 is 2.33 bits per heavy atom. The number of esters is 1. The number of hydrogen-bond donors (Lipinski definition) is 0. The Morgan fingerprint density at radius 1 is 1.52 bits per heavy atom. The molecule has 1 saturated carbocycles. The molecule has 1 heterocycles. The van der Waals surface area contributed by atoms with E-state index >= 15 is 0 Å². The number of aromatic nitrogens is 1. The van der Waals surface area contributed by atoms with Crippen LogP contribution in [0.1, 0.15) is 12.1 Å². The van der Waals surface area contributed by atoms with Crippen LogP contribution in [0.25, 0.3) is 10.6 Å². The first-order valence-electron chi connectivity index (χ1n) is 6.42. The van der Waals surface area contributed by atoms with Gasteiger partial charge in [0, 0.05) is 28.0 Å². The third-order valence-electron chi connectivity index (χ3n) is 3.25. The molecule has 0 amide bonds. The maximum Gasteiger partial charge on any atom is 0.321 e. The molecule has 0 bridgehead atoms.